The molecule has 1 heterocycles. The molecule has 4 N–H and O–H groups in total. The van der Waals surface area contributed by atoms with Crippen molar-refractivity contribution in [2.75, 3.05) is 5.32 Å². The van der Waals surface area contributed by atoms with Crippen molar-refractivity contribution < 1.29 is 4.79 Å². The van der Waals surface area contributed by atoms with Gasteiger partial charge >= 0.3 is 0 Å². The van der Waals surface area contributed by atoms with E-state index in [0.29, 0.717) is 10.9 Å². The van der Waals surface area contributed by atoms with Gasteiger partial charge in [0.25, 0.3) is 5.56 Å². The number of H-pyrrole nitrogens is 1. The van der Waals surface area contributed by atoms with Crippen LogP contribution in [-0.2, 0) is 4.79 Å². The molecule has 6 heteroatoms. The van der Waals surface area contributed by atoms with Crippen LogP contribution >= 0.6 is 15.9 Å². The molecule has 17 heavy (non-hydrogen) atoms. The second kappa shape index (κ2) is 5.46. The second-order valence-corrected chi connectivity index (χ2v) is 5.10. The number of anilines is 1. The predicted octanol–water partition coefficient (Wildman–Crippen LogP) is 1.59. The van der Waals surface area contributed by atoms with E-state index in [-0.39, 0.29) is 17.2 Å². The fraction of sp³-hybridized carbons (Fsp3) is 0.455. The van der Waals surface area contributed by atoms with Gasteiger partial charge in [0.15, 0.2) is 0 Å². The molecule has 0 spiro atoms. The van der Waals surface area contributed by atoms with Crippen molar-refractivity contribution in [2.45, 2.75) is 32.2 Å². The van der Waals surface area contributed by atoms with Gasteiger partial charge in [0.2, 0.25) is 5.91 Å². The fourth-order valence-electron chi connectivity index (χ4n) is 1.45. The molecule has 0 saturated heterocycles. The Kier molecular flexibility index (Phi) is 4.47. The average Bonchev–Trinajstić information content (AvgIpc) is 2.23. The van der Waals surface area contributed by atoms with Crippen LogP contribution in [0.25, 0.3) is 0 Å². The van der Waals surface area contributed by atoms with Gasteiger partial charge in [-0.1, -0.05) is 13.3 Å². The first-order valence-corrected chi connectivity index (χ1v) is 6.14. The highest BCUT2D eigenvalue weighted by atomic mass is 79.9. The number of nitrogens with one attached hydrogen (secondary N) is 2. The molecule has 1 amide bonds. The first-order valence-electron chi connectivity index (χ1n) is 5.35. The maximum absolute atomic E-state index is 11.9. The van der Waals surface area contributed by atoms with Crippen molar-refractivity contribution in [3.63, 3.8) is 0 Å². The average molecular weight is 302 g/mol. The highest BCUT2D eigenvalue weighted by molar-refractivity contribution is 9.10. The summed E-state index contributed by atoms with van der Waals surface area (Å²) in [4.78, 5) is 25.8. The third-order valence-corrected chi connectivity index (χ3v) is 2.86. The van der Waals surface area contributed by atoms with E-state index in [2.05, 4.69) is 26.2 Å². The molecule has 1 rings (SSSR count). The molecule has 94 valence electrons. The minimum Gasteiger partial charge on any atom is -0.326 e. The van der Waals surface area contributed by atoms with E-state index in [4.69, 9.17) is 5.73 Å². The van der Waals surface area contributed by atoms with E-state index in [0.717, 1.165) is 6.42 Å². The highest BCUT2D eigenvalue weighted by Crippen LogP contribution is 2.14. The number of carbonyl (C=O) groups is 1. The largest absolute Gasteiger partial charge is 0.326 e. The van der Waals surface area contributed by atoms with Gasteiger partial charge in [0, 0.05) is 10.7 Å². The molecule has 1 atom stereocenters. The summed E-state index contributed by atoms with van der Waals surface area (Å²) in [6, 6.07) is 1.54. The molecule has 0 saturated carbocycles. The lowest BCUT2D eigenvalue weighted by Crippen LogP contribution is -2.48. The topological polar surface area (TPSA) is 88.0 Å². The molecule has 0 aliphatic carbocycles. The number of rotatable bonds is 4. The number of hydrogen-bond donors (Lipinski definition) is 3. The maximum Gasteiger partial charge on any atom is 0.271 e. The van der Waals surface area contributed by atoms with Gasteiger partial charge < -0.3 is 16.0 Å². The predicted molar refractivity (Wildman–Crippen MR) is 70.9 cm³/mol. The molecule has 5 nitrogen and oxygen atoms in total. The summed E-state index contributed by atoms with van der Waals surface area (Å²) in [5.41, 5.74) is 4.74. The summed E-state index contributed by atoms with van der Waals surface area (Å²) in [5, 5.41) is 2.54. The number of amides is 1. The molecule has 0 fully saturated rings. The van der Waals surface area contributed by atoms with Gasteiger partial charge in [-0.2, -0.15) is 0 Å². The number of carbonyl (C=O) groups excluding carboxylic acids is 1. The summed E-state index contributed by atoms with van der Waals surface area (Å²) in [6.45, 7) is 3.60. The first kappa shape index (κ1) is 13.9. The van der Waals surface area contributed by atoms with Gasteiger partial charge in [-0.15, -0.1) is 0 Å². The van der Waals surface area contributed by atoms with Crippen LogP contribution in [0.15, 0.2) is 21.5 Å². The second-order valence-electron chi connectivity index (χ2n) is 4.18. The minimum atomic E-state index is -0.969. The first-order chi connectivity index (χ1) is 7.86. The standard InChI is InChI=1S/C11H16BrN3O2/c1-3-4-11(2,13)10(17)15-8-5-7(12)6-14-9(8)16/h5-6H,3-4,13H2,1-2H3,(H,14,16)(H,15,17). The van der Waals surface area contributed by atoms with Gasteiger partial charge in [0.05, 0.1) is 5.54 Å². The molecule has 1 aromatic heterocycles. The lowest BCUT2D eigenvalue weighted by Gasteiger charge is -2.22. The Balaban J connectivity index is 2.88. The lowest BCUT2D eigenvalue weighted by atomic mass is 9.96. The summed E-state index contributed by atoms with van der Waals surface area (Å²) >= 11 is 3.21. The Labute approximate surface area is 108 Å². The van der Waals surface area contributed by atoms with Crippen LogP contribution in [0.2, 0.25) is 0 Å². The van der Waals surface area contributed by atoms with E-state index in [1.165, 1.54) is 6.20 Å². The Bertz CT molecular complexity index is 468. The SMILES string of the molecule is CCCC(C)(N)C(=O)Nc1cc(Br)c[nH]c1=O. The molecule has 0 radical (unpaired) electrons. The van der Waals surface area contributed by atoms with Gasteiger partial charge in [-0.25, -0.2) is 0 Å². The van der Waals surface area contributed by atoms with Crippen molar-refractivity contribution >= 4 is 27.5 Å². The minimum absolute atomic E-state index is 0.192. The number of hydrogen-bond acceptors (Lipinski definition) is 3. The zero-order valence-corrected chi connectivity index (χ0v) is 11.4. The number of nitrogens with two attached hydrogens (primary N) is 1. The van der Waals surface area contributed by atoms with Crippen LogP contribution in [-0.4, -0.2) is 16.4 Å². The van der Waals surface area contributed by atoms with Gasteiger partial charge in [-0.05, 0) is 35.3 Å². The summed E-state index contributed by atoms with van der Waals surface area (Å²) in [5.74, 6) is -0.358. The normalized spacial score (nSPS) is 14.1. The zero-order chi connectivity index (χ0) is 13.1. The molecular weight excluding hydrogens is 286 g/mol. The number of aromatic amines is 1. The molecule has 0 aliphatic rings. The van der Waals surface area contributed by atoms with Crippen molar-refractivity contribution in [2.24, 2.45) is 5.73 Å². The summed E-state index contributed by atoms with van der Waals surface area (Å²) in [7, 11) is 0. The van der Waals surface area contributed by atoms with Crippen LogP contribution in [0.5, 0.6) is 0 Å². The van der Waals surface area contributed by atoms with Crippen LogP contribution < -0.4 is 16.6 Å². The Morgan fingerprint density at radius 1 is 1.65 bits per heavy atom. The maximum atomic E-state index is 11.9. The van der Waals surface area contributed by atoms with Crippen molar-refractivity contribution in [1.82, 2.24) is 4.98 Å². The van der Waals surface area contributed by atoms with E-state index in [1.807, 2.05) is 6.92 Å². The Morgan fingerprint density at radius 3 is 2.88 bits per heavy atom. The van der Waals surface area contributed by atoms with E-state index in [9.17, 15) is 9.59 Å². The third-order valence-electron chi connectivity index (χ3n) is 2.40. The van der Waals surface area contributed by atoms with Gasteiger partial charge in [0.1, 0.15) is 5.69 Å². The summed E-state index contributed by atoms with van der Waals surface area (Å²) < 4.78 is 0.682. The molecule has 0 aliphatic heterocycles. The van der Waals surface area contributed by atoms with Crippen molar-refractivity contribution in [1.29, 1.82) is 0 Å². The number of halogens is 1. The van der Waals surface area contributed by atoms with Crippen LogP contribution in [0.3, 0.4) is 0 Å². The number of aromatic nitrogens is 1. The molecule has 1 aromatic rings. The summed E-state index contributed by atoms with van der Waals surface area (Å²) in [6.07, 6.45) is 2.87. The third kappa shape index (κ3) is 3.67. The molecule has 0 aromatic carbocycles. The van der Waals surface area contributed by atoms with Crippen molar-refractivity contribution in [3.8, 4) is 0 Å². The van der Waals surface area contributed by atoms with E-state index < -0.39 is 5.54 Å². The van der Waals surface area contributed by atoms with Crippen LogP contribution in [0.1, 0.15) is 26.7 Å². The lowest BCUT2D eigenvalue weighted by molar-refractivity contribution is -0.120. The molecular formula is C11H16BrN3O2. The highest BCUT2D eigenvalue weighted by Gasteiger charge is 2.27. The quantitative estimate of drug-likeness (QED) is 0.789. The van der Waals surface area contributed by atoms with Crippen molar-refractivity contribution in [3.05, 3.63) is 27.1 Å². The number of pyridine rings is 1. The monoisotopic (exact) mass is 301 g/mol. The Morgan fingerprint density at radius 2 is 2.29 bits per heavy atom. The van der Waals surface area contributed by atoms with E-state index in [1.54, 1.807) is 13.0 Å². The van der Waals surface area contributed by atoms with E-state index >= 15 is 0 Å². The Hall–Kier alpha value is -1.14. The smallest absolute Gasteiger partial charge is 0.271 e. The van der Waals surface area contributed by atoms with Crippen LogP contribution in [0.4, 0.5) is 5.69 Å². The van der Waals surface area contributed by atoms with Gasteiger partial charge in [-0.3, -0.25) is 9.59 Å². The van der Waals surface area contributed by atoms with Crippen LogP contribution in [0, 0.1) is 0 Å². The fourth-order valence-corrected chi connectivity index (χ4v) is 1.79. The molecule has 1 unspecified atom stereocenters. The zero-order valence-electron chi connectivity index (χ0n) is 9.84. The molecule has 0 bridgehead atoms.